The van der Waals surface area contributed by atoms with Gasteiger partial charge in [-0.15, -0.1) is 0 Å². The molecular weight excluding hydrogens is 410 g/mol. The first-order chi connectivity index (χ1) is 16.0. The normalized spacial score (nSPS) is 11.6. The van der Waals surface area contributed by atoms with E-state index in [1.165, 1.54) is 29.4 Å². The lowest BCUT2D eigenvalue weighted by Gasteiger charge is -2.18. The third kappa shape index (κ3) is 7.90. The third-order valence-corrected chi connectivity index (χ3v) is 6.01. The monoisotopic (exact) mass is 443 g/mol. The number of rotatable bonds is 11. The van der Waals surface area contributed by atoms with Gasteiger partial charge in [-0.3, -0.25) is 9.59 Å². The highest BCUT2D eigenvalue weighted by Gasteiger charge is 2.15. The fourth-order valence-corrected chi connectivity index (χ4v) is 4.13. The lowest BCUT2D eigenvalue weighted by atomic mass is 9.87. The summed E-state index contributed by atoms with van der Waals surface area (Å²) < 4.78 is 4.83. The third-order valence-electron chi connectivity index (χ3n) is 6.01. The Labute approximate surface area is 197 Å². The Morgan fingerprint density at radius 2 is 1.64 bits per heavy atom. The van der Waals surface area contributed by atoms with Gasteiger partial charge in [0.15, 0.2) is 0 Å². The number of hydrogen-bond acceptors (Lipinski definition) is 3. The molecule has 1 N–H and O–H groups in total. The van der Waals surface area contributed by atoms with E-state index in [2.05, 4.69) is 48.6 Å². The molecule has 0 saturated carbocycles. The molecule has 0 aromatic heterocycles. The lowest BCUT2D eigenvalue weighted by molar-refractivity contribution is -0.140. The van der Waals surface area contributed by atoms with Crippen LogP contribution in [0.15, 0.2) is 78.9 Å². The second kappa shape index (κ2) is 12.6. The molecule has 4 nitrogen and oxygen atoms in total. The van der Waals surface area contributed by atoms with Gasteiger partial charge in [0.05, 0.1) is 13.5 Å². The van der Waals surface area contributed by atoms with Crippen molar-refractivity contribution < 1.29 is 14.3 Å². The number of benzene rings is 3. The standard InChI is InChI=1S/C29H33NO3/c1-22-9-6-7-12-25(22)17-18-30-28(31)21-24-11-8-10-23(19-24)20-27(15-16-29(32)33-2)26-13-4-3-5-14-26/h3-14,19,27H,15-18,20-21H2,1-2H3,(H,30,31). The molecule has 172 valence electrons. The van der Waals surface area contributed by atoms with E-state index in [4.69, 9.17) is 4.74 Å². The number of amides is 1. The van der Waals surface area contributed by atoms with Crippen LogP contribution in [0.2, 0.25) is 0 Å². The van der Waals surface area contributed by atoms with Gasteiger partial charge in [-0.25, -0.2) is 0 Å². The van der Waals surface area contributed by atoms with Crippen molar-refractivity contribution in [3.8, 4) is 0 Å². The van der Waals surface area contributed by atoms with E-state index >= 15 is 0 Å². The lowest BCUT2D eigenvalue weighted by Crippen LogP contribution is -2.27. The summed E-state index contributed by atoms with van der Waals surface area (Å²) >= 11 is 0. The van der Waals surface area contributed by atoms with Crippen molar-refractivity contribution in [1.82, 2.24) is 5.32 Å². The van der Waals surface area contributed by atoms with Gasteiger partial charge < -0.3 is 10.1 Å². The fourth-order valence-electron chi connectivity index (χ4n) is 4.13. The van der Waals surface area contributed by atoms with Crippen molar-refractivity contribution in [3.05, 3.63) is 107 Å². The van der Waals surface area contributed by atoms with Crippen LogP contribution < -0.4 is 5.32 Å². The van der Waals surface area contributed by atoms with Crippen LogP contribution >= 0.6 is 0 Å². The smallest absolute Gasteiger partial charge is 0.305 e. The van der Waals surface area contributed by atoms with Gasteiger partial charge in [-0.05, 0) is 59.9 Å². The Balaban J connectivity index is 1.58. The molecule has 0 aliphatic heterocycles. The molecule has 33 heavy (non-hydrogen) atoms. The Bertz CT molecular complexity index is 1050. The molecule has 0 fully saturated rings. The highest BCUT2D eigenvalue weighted by Crippen LogP contribution is 2.26. The summed E-state index contributed by atoms with van der Waals surface area (Å²) in [6.45, 7) is 2.73. The summed E-state index contributed by atoms with van der Waals surface area (Å²) in [7, 11) is 1.43. The van der Waals surface area contributed by atoms with Crippen molar-refractivity contribution in [2.45, 2.75) is 44.9 Å². The van der Waals surface area contributed by atoms with Gasteiger partial charge in [0.2, 0.25) is 5.91 Å². The van der Waals surface area contributed by atoms with E-state index in [9.17, 15) is 9.59 Å². The molecular formula is C29H33NO3. The van der Waals surface area contributed by atoms with Gasteiger partial charge in [0.25, 0.3) is 0 Å². The van der Waals surface area contributed by atoms with Gasteiger partial charge in [-0.2, -0.15) is 0 Å². The summed E-state index contributed by atoms with van der Waals surface area (Å²) in [5.41, 5.74) is 5.89. The number of esters is 1. The summed E-state index contributed by atoms with van der Waals surface area (Å²) in [5, 5.41) is 3.04. The van der Waals surface area contributed by atoms with E-state index in [0.29, 0.717) is 19.4 Å². The Morgan fingerprint density at radius 1 is 0.909 bits per heavy atom. The highest BCUT2D eigenvalue weighted by molar-refractivity contribution is 5.78. The molecule has 3 rings (SSSR count). The predicted molar refractivity (Wildman–Crippen MR) is 132 cm³/mol. The molecule has 3 aromatic rings. The molecule has 0 radical (unpaired) electrons. The van der Waals surface area contributed by atoms with Gasteiger partial charge in [0.1, 0.15) is 0 Å². The summed E-state index contributed by atoms with van der Waals surface area (Å²) in [5.74, 6) is 0.0570. The van der Waals surface area contributed by atoms with E-state index in [0.717, 1.165) is 24.8 Å². The number of ether oxygens (including phenoxy) is 1. The van der Waals surface area contributed by atoms with Crippen LogP contribution in [-0.2, 0) is 33.6 Å². The number of aryl methyl sites for hydroxylation is 1. The summed E-state index contributed by atoms with van der Waals surface area (Å²) in [4.78, 5) is 24.2. The second-order valence-corrected chi connectivity index (χ2v) is 8.45. The van der Waals surface area contributed by atoms with Gasteiger partial charge >= 0.3 is 5.97 Å². The van der Waals surface area contributed by atoms with E-state index in [-0.39, 0.29) is 17.8 Å². The number of hydrogen-bond donors (Lipinski definition) is 1. The fraction of sp³-hybridized carbons (Fsp3) is 0.310. The van der Waals surface area contributed by atoms with Crippen LogP contribution in [0.4, 0.5) is 0 Å². The minimum atomic E-state index is -0.188. The van der Waals surface area contributed by atoms with Crippen molar-refractivity contribution in [1.29, 1.82) is 0 Å². The van der Waals surface area contributed by atoms with E-state index in [1.54, 1.807) is 0 Å². The van der Waals surface area contributed by atoms with Gasteiger partial charge in [-0.1, -0.05) is 78.9 Å². The zero-order valence-corrected chi connectivity index (χ0v) is 19.6. The summed E-state index contributed by atoms with van der Waals surface area (Å²) in [6.07, 6.45) is 3.11. The first-order valence-electron chi connectivity index (χ1n) is 11.6. The first-order valence-corrected chi connectivity index (χ1v) is 11.6. The minimum Gasteiger partial charge on any atom is -0.469 e. The predicted octanol–water partition coefficient (Wildman–Crippen LogP) is 5.18. The van der Waals surface area contributed by atoms with Crippen molar-refractivity contribution in [3.63, 3.8) is 0 Å². The first kappa shape index (κ1) is 24.2. The summed E-state index contributed by atoms with van der Waals surface area (Å²) in [6, 6.07) is 26.7. The van der Waals surface area contributed by atoms with Crippen LogP contribution in [0, 0.1) is 6.92 Å². The number of methoxy groups -OCH3 is 1. The van der Waals surface area contributed by atoms with Crippen LogP contribution in [0.1, 0.15) is 46.6 Å². The molecule has 0 aliphatic carbocycles. The SMILES string of the molecule is COC(=O)CCC(Cc1cccc(CC(=O)NCCc2ccccc2C)c1)c1ccccc1. The quantitative estimate of drug-likeness (QED) is 0.416. The Morgan fingerprint density at radius 3 is 2.39 bits per heavy atom. The molecule has 0 spiro atoms. The van der Waals surface area contributed by atoms with E-state index in [1.807, 2.05) is 42.5 Å². The molecule has 3 aromatic carbocycles. The number of carbonyl (C=O) groups excluding carboxylic acids is 2. The zero-order valence-electron chi connectivity index (χ0n) is 19.6. The van der Waals surface area contributed by atoms with E-state index < -0.39 is 0 Å². The molecule has 1 atom stereocenters. The average molecular weight is 444 g/mol. The molecule has 0 saturated heterocycles. The van der Waals surface area contributed by atoms with Crippen molar-refractivity contribution >= 4 is 11.9 Å². The largest absolute Gasteiger partial charge is 0.469 e. The Kier molecular flexibility index (Phi) is 9.25. The molecule has 0 heterocycles. The number of carbonyl (C=O) groups is 2. The maximum Gasteiger partial charge on any atom is 0.305 e. The topological polar surface area (TPSA) is 55.4 Å². The van der Waals surface area contributed by atoms with Crippen LogP contribution in [0.25, 0.3) is 0 Å². The minimum absolute atomic E-state index is 0.0334. The van der Waals surface area contributed by atoms with Crippen molar-refractivity contribution in [2.75, 3.05) is 13.7 Å². The van der Waals surface area contributed by atoms with Crippen LogP contribution in [0.5, 0.6) is 0 Å². The zero-order chi connectivity index (χ0) is 23.5. The maximum atomic E-state index is 12.5. The highest BCUT2D eigenvalue weighted by atomic mass is 16.5. The number of nitrogens with one attached hydrogen (secondary N) is 1. The molecule has 0 aliphatic rings. The molecule has 4 heteroatoms. The molecule has 1 unspecified atom stereocenters. The Hall–Kier alpha value is -3.40. The van der Waals surface area contributed by atoms with Crippen molar-refractivity contribution in [2.24, 2.45) is 0 Å². The second-order valence-electron chi connectivity index (χ2n) is 8.45. The van der Waals surface area contributed by atoms with Crippen LogP contribution in [0.3, 0.4) is 0 Å². The average Bonchev–Trinajstić information content (AvgIpc) is 2.83. The maximum absolute atomic E-state index is 12.5. The van der Waals surface area contributed by atoms with Gasteiger partial charge in [0, 0.05) is 13.0 Å². The molecule has 0 bridgehead atoms. The van der Waals surface area contributed by atoms with Crippen LogP contribution in [-0.4, -0.2) is 25.5 Å². The molecule has 1 amide bonds.